The summed E-state index contributed by atoms with van der Waals surface area (Å²) in [6.07, 6.45) is -0.412. The van der Waals surface area contributed by atoms with Gasteiger partial charge in [0.25, 0.3) is 0 Å². The maximum atomic E-state index is 11.5. The molecule has 2 unspecified atom stereocenters. The molecule has 2 N–H and O–H groups in total. The summed E-state index contributed by atoms with van der Waals surface area (Å²) in [4.78, 5) is 11.5. The topological polar surface area (TPSA) is 70.8 Å². The minimum absolute atomic E-state index is 0.340. The molecule has 1 aromatic carbocycles. The monoisotopic (exact) mass is 263 g/mol. The van der Waals surface area contributed by atoms with Crippen LogP contribution in [0.25, 0.3) is 0 Å². The number of rotatable bonds is 4. The van der Waals surface area contributed by atoms with Crippen molar-refractivity contribution >= 4 is 5.91 Å². The first-order chi connectivity index (χ1) is 9.08. The first-order valence-corrected chi connectivity index (χ1v) is 5.89. The summed E-state index contributed by atoms with van der Waals surface area (Å²) in [6.45, 7) is 4.17. The number of primary amides is 1. The van der Waals surface area contributed by atoms with E-state index in [0.717, 1.165) is 5.56 Å². The molecule has 2 atom stereocenters. The van der Waals surface area contributed by atoms with Crippen LogP contribution < -0.4 is 15.2 Å². The summed E-state index contributed by atoms with van der Waals surface area (Å²) < 4.78 is 16.0. The zero-order valence-corrected chi connectivity index (χ0v) is 11.0. The maximum Gasteiger partial charge on any atom is 0.227 e. The van der Waals surface area contributed by atoms with Crippen LogP contribution in [-0.4, -0.2) is 26.7 Å². The Bertz CT molecular complexity index is 512. The van der Waals surface area contributed by atoms with Crippen molar-refractivity contribution in [1.82, 2.24) is 0 Å². The van der Waals surface area contributed by atoms with Gasteiger partial charge in [-0.1, -0.05) is 12.6 Å². The Balaban J connectivity index is 2.36. The Kier molecular flexibility index (Phi) is 3.76. The Morgan fingerprint density at radius 1 is 1.37 bits per heavy atom. The van der Waals surface area contributed by atoms with E-state index in [1.54, 1.807) is 26.4 Å². The van der Waals surface area contributed by atoms with E-state index in [9.17, 15) is 4.79 Å². The fourth-order valence-corrected chi connectivity index (χ4v) is 2.27. The number of benzene rings is 1. The van der Waals surface area contributed by atoms with Crippen molar-refractivity contribution in [1.29, 1.82) is 0 Å². The molecule has 2 rings (SSSR count). The maximum absolute atomic E-state index is 11.5. The molecule has 0 spiro atoms. The third kappa shape index (κ3) is 2.42. The van der Waals surface area contributed by atoms with E-state index in [0.29, 0.717) is 23.7 Å². The van der Waals surface area contributed by atoms with Gasteiger partial charge in [-0.3, -0.25) is 4.79 Å². The predicted octanol–water partition coefficient (Wildman–Crippen LogP) is 1.43. The number of nitrogens with two attached hydrogens (primary N) is 1. The fourth-order valence-electron chi connectivity index (χ4n) is 2.27. The van der Waals surface area contributed by atoms with Crippen molar-refractivity contribution in [2.24, 2.45) is 11.7 Å². The van der Waals surface area contributed by atoms with Crippen molar-refractivity contribution in [3.05, 3.63) is 35.9 Å². The van der Waals surface area contributed by atoms with Gasteiger partial charge in [0, 0.05) is 0 Å². The van der Waals surface area contributed by atoms with Crippen LogP contribution >= 0.6 is 0 Å². The summed E-state index contributed by atoms with van der Waals surface area (Å²) in [7, 11) is 3.12. The van der Waals surface area contributed by atoms with Crippen molar-refractivity contribution < 1.29 is 19.0 Å². The summed E-state index contributed by atoms with van der Waals surface area (Å²) in [6, 6.07) is 5.40. The fraction of sp³-hybridized carbons (Fsp3) is 0.357. The number of ether oxygens (including phenoxy) is 3. The lowest BCUT2D eigenvalue weighted by Gasteiger charge is -2.18. The smallest absolute Gasteiger partial charge is 0.227 e. The van der Waals surface area contributed by atoms with Crippen LogP contribution in [0.1, 0.15) is 11.7 Å². The summed E-state index contributed by atoms with van der Waals surface area (Å²) in [5.74, 6) is 0.281. The number of carbonyl (C=O) groups is 1. The highest BCUT2D eigenvalue weighted by atomic mass is 16.5. The van der Waals surface area contributed by atoms with E-state index in [2.05, 4.69) is 6.58 Å². The molecule has 1 aromatic rings. The van der Waals surface area contributed by atoms with Crippen LogP contribution in [0.5, 0.6) is 11.5 Å². The molecule has 19 heavy (non-hydrogen) atoms. The van der Waals surface area contributed by atoms with E-state index < -0.39 is 17.9 Å². The third-order valence-corrected chi connectivity index (χ3v) is 3.23. The average Bonchev–Trinajstić information content (AvgIpc) is 2.79. The molecule has 5 heteroatoms. The minimum Gasteiger partial charge on any atom is -0.493 e. The number of amides is 1. The van der Waals surface area contributed by atoms with Crippen LogP contribution in [0.15, 0.2) is 30.4 Å². The lowest BCUT2D eigenvalue weighted by molar-refractivity contribution is -0.122. The molecule has 0 aromatic heterocycles. The number of methoxy groups -OCH3 is 2. The van der Waals surface area contributed by atoms with Crippen LogP contribution in [0, 0.1) is 5.92 Å². The first kappa shape index (κ1) is 13.4. The predicted molar refractivity (Wildman–Crippen MR) is 70.1 cm³/mol. The van der Waals surface area contributed by atoms with Gasteiger partial charge in [-0.25, -0.2) is 0 Å². The van der Waals surface area contributed by atoms with Gasteiger partial charge in [-0.05, 0) is 23.3 Å². The van der Waals surface area contributed by atoms with Gasteiger partial charge in [-0.2, -0.15) is 0 Å². The Labute approximate surface area is 111 Å². The van der Waals surface area contributed by atoms with Crippen LogP contribution in [0.3, 0.4) is 0 Å². The number of carbonyl (C=O) groups excluding carboxylic acids is 1. The molecule has 0 bridgehead atoms. The largest absolute Gasteiger partial charge is 0.493 e. The van der Waals surface area contributed by atoms with Gasteiger partial charge in [0.15, 0.2) is 11.5 Å². The summed E-state index contributed by atoms with van der Waals surface area (Å²) >= 11 is 0. The second-order valence-corrected chi connectivity index (χ2v) is 4.38. The number of hydrogen-bond donors (Lipinski definition) is 1. The highest BCUT2D eigenvalue weighted by Gasteiger charge is 2.37. The Hall–Kier alpha value is -2.01. The standard InChI is InChI=1S/C14H17NO4/c1-8-7-19-13(12(8)14(15)16)9-4-5-10(17-2)11(6-9)18-3/h4-6,12-13H,1,7H2,2-3H3,(H2,15,16). The molecule has 0 saturated carbocycles. The van der Waals surface area contributed by atoms with Gasteiger partial charge in [0.2, 0.25) is 5.91 Å². The molecule has 1 saturated heterocycles. The normalized spacial score (nSPS) is 22.3. The Morgan fingerprint density at radius 3 is 2.63 bits per heavy atom. The van der Waals surface area contributed by atoms with Gasteiger partial charge >= 0.3 is 0 Å². The zero-order chi connectivity index (χ0) is 14.0. The van der Waals surface area contributed by atoms with E-state index in [4.69, 9.17) is 19.9 Å². The van der Waals surface area contributed by atoms with Crippen LogP contribution in [0.4, 0.5) is 0 Å². The highest BCUT2D eigenvalue weighted by Crippen LogP contribution is 2.40. The average molecular weight is 263 g/mol. The molecule has 102 valence electrons. The van der Waals surface area contributed by atoms with Crippen LogP contribution in [-0.2, 0) is 9.53 Å². The lowest BCUT2D eigenvalue weighted by atomic mass is 9.92. The molecule has 1 amide bonds. The summed E-state index contributed by atoms with van der Waals surface area (Å²) in [5.41, 5.74) is 6.93. The Morgan fingerprint density at radius 2 is 2.05 bits per heavy atom. The summed E-state index contributed by atoms with van der Waals surface area (Å²) in [5, 5.41) is 0. The van der Waals surface area contributed by atoms with E-state index >= 15 is 0 Å². The van der Waals surface area contributed by atoms with E-state index in [1.165, 1.54) is 0 Å². The van der Waals surface area contributed by atoms with E-state index in [-0.39, 0.29) is 0 Å². The molecule has 0 aliphatic carbocycles. The van der Waals surface area contributed by atoms with Gasteiger partial charge in [0.1, 0.15) is 0 Å². The lowest BCUT2D eigenvalue weighted by Crippen LogP contribution is -2.26. The molecule has 1 fully saturated rings. The SMILES string of the molecule is C=C1COC(c2ccc(OC)c(OC)c2)C1C(N)=O. The zero-order valence-electron chi connectivity index (χ0n) is 11.0. The molecule has 1 heterocycles. The molecule has 0 radical (unpaired) electrons. The molecular formula is C14H17NO4. The quantitative estimate of drug-likeness (QED) is 0.834. The molecule has 1 aliphatic heterocycles. The number of hydrogen-bond acceptors (Lipinski definition) is 4. The van der Waals surface area contributed by atoms with Crippen molar-refractivity contribution in [3.63, 3.8) is 0 Å². The van der Waals surface area contributed by atoms with Crippen molar-refractivity contribution in [2.75, 3.05) is 20.8 Å². The second-order valence-electron chi connectivity index (χ2n) is 4.38. The van der Waals surface area contributed by atoms with Crippen molar-refractivity contribution in [2.45, 2.75) is 6.10 Å². The van der Waals surface area contributed by atoms with Gasteiger partial charge in [-0.15, -0.1) is 0 Å². The molecule has 1 aliphatic rings. The first-order valence-electron chi connectivity index (χ1n) is 5.89. The van der Waals surface area contributed by atoms with Gasteiger partial charge in [0.05, 0.1) is 32.8 Å². The second kappa shape index (κ2) is 5.32. The van der Waals surface area contributed by atoms with Gasteiger partial charge < -0.3 is 19.9 Å². The minimum atomic E-state index is -0.502. The molecule has 5 nitrogen and oxygen atoms in total. The third-order valence-electron chi connectivity index (χ3n) is 3.23. The van der Waals surface area contributed by atoms with Crippen LogP contribution in [0.2, 0.25) is 0 Å². The van der Waals surface area contributed by atoms with Crippen molar-refractivity contribution in [3.8, 4) is 11.5 Å². The molecular weight excluding hydrogens is 246 g/mol. The van der Waals surface area contributed by atoms with E-state index in [1.807, 2.05) is 6.07 Å². The highest BCUT2D eigenvalue weighted by molar-refractivity contribution is 5.81.